The lowest BCUT2D eigenvalue weighted by atomic mass is 9.69. The van der Waals surface area contributed by atoms with Crippen LogP contribution < -0.4 is 5.32 Å². The van der Waals surface area contributed by atoms with Crippen molar-refractivity contribution in [1.82, 2.24) is 20.2 Å². The molecule has 1 aromatic heterocycles. The van der Waals surface area contributed by atoms with Crippen molar-refractivity contribution >= 4 is 22.8 Å². The van der Waals surface area contributed by atoms with Crippen molar-refractivity contribution in [2.24, 2.45) is 5.41 Å². The van der Waals surface area contributed by atoms with Crippen LogP contribution in [-0.2, 0) is 9.53 Å². The Hall–Kier alpha value is -2.80. The number of fused-ring (bicyclic) bond motifs is 2. The van der Waals surface area contributed by atoms with Gasteiger partial charge in [-0.25, -0.2) is 0 Å². The highest BCUT2D eigenvalue weighted by Crippen LogP contribution is 2.46. The van der Waals surface area contributed by atoms with Gasteiger partial charge in [0.15, 0.2) is 0 Å². The van der Waals surface area contributed by atoms with E-state index in [1.807, 2.05) is 17.0 Å². The number of rotatable bonds is 6. The van der Waals surface area contributed by atoms with Crippen LogP contribution in [0.15, 0.2) is 42.4 Å². The molecular weight excluding hydrogens is 368 g/mol. The summed E-state index contributed by atoms with van der Waals surface area (Å²) in [5.41, 5.74) is 2.67. The van der Waals surface area contributed by atoms with E-state index in [0.717, 1.165) is 31.4 Å². The van der Waals surface area contributed by atoms with Crippen LogP contribution in [0.1, 0.15) is 42.5 Å². The fourth-order valence-corrected chi connectivity index (χ4v) is 4.50. The highest BCUT2D eigenvalue weighted by atomic mass is 16.5. The van der Waals surface area contributed by atoms with Crippen molar-refractivity contribution in [3.8, 4) is 0 Å². The molecule has 7 nitrogen and oxygen atoms in total. The zero-order valence-corrected chi connectivity index (χ0v) is 16.7. The lowest BCUT2D eigenvalue weighted by molar-refractivity contribution is -0.134. The van der Waals surface area contributed by atoms with E-state index in [0.29, 0.717) is 42.7 Å². The maximum atomic E-state index is 13.0. The van der Waals surface area contributed by atoms with Gasteiger partial charge in [-0.2, -0.15) is 0 Å². The summed E-state index contributed by atoms with van der Waals surface area (Å²) < 4.78 is 5.20. The molecule has 0 spiro atoms. The van der Waals surface area contributed by atoms with Crippen LogP contribution >= 0.6 is 0 Å². The van der Waals surface area contributed by atoms with Crippen molar-refractivity contribution in [3.63, 3.8) is 0 Å². The number of aromatic nitrogens is 2. The van der Waals surface area contributed by atoms with E-state index in [-0.39, 0.29) is 17.2 Å². The number of benzene rings is 1. The molecule has 1 N–H and O–H groups in total. The maximum absolute atomic E-state index is 13.0. The Morgan fingerprint density at radius 2 is 2.14 bits per heavy atom. The Morgan fingerprint density at radius 3 is 3.00 bits per heavy atom. The molecule has 1 saturated heterocycles. The lowest BCUT2D eigenvalue weighted by Crippen LogP contribution is -2.51. The van der Waals surface area contributed by atoms with Crippen molar-refractivity contribution in [3.05, 3.63) is 47.9 Å². The largest absolute Gasteiger partial charge is 0.383 e. The van der Waals surface area contributed by atoms with Gasteiger partial charge in [0.2, 0.25) is 5.91 Å². The number of hydrogen-bond acceptors (Lipinski definition) is 5. The molecule has 4 rings (SSSR count). The average Bonchev–Trinajstić information content (AvgIpc) is 2.76. The predicted molar refractivity (Wildman–Crippen MR) is 109 cm³/mol. The second-order valence-corrected chi connectivity index (χ2v) is 7.71. The van der Waals surface area contributed by atoms with Gasteiger partial charge in [0.05, 0.1) is 17.7 Å². The number of carbonyl (C=O) groups is 2. The van der Waals surface area contributed by atoms with Gasteiger partial charge in [-0.3, -0.25) is 19.6 Å². The van der Waals surface area contributed by atoms with E-state index in [1.165, 1.54) is 0 Å². The van der Waals surface area contributed by atoms with Gasteiger partial charge >= 0.3 is 0 Å². The minimum atomic E-state index is -0.203. The number of likely N-dealkylation sites (tertiary alicyclic amines) is 1. The van der Waals surface area contributed by atoms with Gasteiger partial charge in [0.1, 0.15) is 5.52 Å². The summed E-state index contributed by atoms with van der Waals surface area (Å²) in [7, 11) is 1.64. The number of hydrogen-bond donors (Lipinski definition) is 1. The minimum Gasteiger partial charge on any atom is -0.383 e. The van der Waals surface area contributed by atoms with Crippen LogP contribution in [0.4, 0.5) is 0 Å². The van der Waals surface area contributed by atoms with Crippen molar-refractivity contribution in [2.75, 3.05) is 26.8 Å². The number of allylic oxidation sites excluding steroid dienone is 1. The van der Waals surface area contributed by atoms with Crippen molar-refractivity contribution < 1.29 is 14.3 Å². The minimum absolute atomic E-state index is 0.140. The quantitative estimate of drug-likeness (QED) is 0.814. The smallest absolute Gasteiger partial charge is 0.253 e. The molecule has 2 amide bonds. The number of nitrogens with one attached hydrogen (secondary N) is 1. The van der Waals surface area contributed by atoms with E-state index >= 15 is 0 Å². The molecule has 2 aromatic rings. The monoisotopic (exact) mass is 394 g/mol. The molecule has 1 atom stereocenters. The van der Waals surface area contributed by atoms with Crippen molar-refractivity contribution in [2.45, 2.75) is 32.1 Å². The molecule has 0 radical (unpaired) electrons. The lowest BCUT2D eigenvalue weighted by Gasteiger charge is -2.47. The molecule has 2 heterocycles. The summed E-state index contributed by atoms with van der Waals surface area (Å²) in [6.07, 6.45) is 9.63. The van der Waals surface area contributed by atoms with Crippen molar-refractivity contribution in [1.29, 1.82) is 0 Å². The predicted octanol–water partition coefficient (Wildman–Crippen LogP) is 2.68. The topological polar surface area (TPSA) is 84.4 Å². The van der Waals surface area contributed by atoms with Gasteiger partial charge in [-0.1, -0.05) is 12.1 Å². The highest BCUT2D eigenvalue weighted by molar-refractivity contribution is 6.04. The first kappa shape index (κ1) is 19.5. The van der Waals surface area contributed by atoms with Gasteiger partial charge in [-0.15, -0.1) is 0 Å². The molecule has 1 aliphatic heterocycles. The third kappa shape index (κ3) is 3.74. The molecule has 2 aliphatic rings. The molecule has 1 fully saturated rings. The Bertz CT molecular complexity index is 953. The Balaban J connectivity index is 1.56. The van der Waals surface area contributed by atoms with E-state index in [4.69, 9.17) is 4.74 Å². The molecule has 7 heteroatoms. The molecule has 1 aromatic carbocycles. The summed E-state index contributed by atoms with van der Waals surface area (Å²) in [6, 6.07) is 5.44. The number of nitrogens with zero attached hydrogens (tertiary/aromatic N) is 3. The Labute approximate surface area is 170 Å². The molecular formula is C22H26N4O3. The molecule has 29 heavy (non-hydrogen) atoms. The molecule has 0 bridgehead atoms. The fourth-order valence-electron chi connectivity index (χ4n) is 4.50. The van der Waals surface area contributed by atoms with Crippen LogP contribution in [0.2, 0.25) is 0 Å². The number of para-hydroxylation sites is 1. The maximum Gasteiger partial charge on any atom is 0.253 e. The average molecular weight is 394 g/mol. The Kier molecular flexibility index (Phi) is 5.58. The SMILES string of the molecule is COCCN1C(=O)CCC2(CNC(=O)c3cccc4nccnc34)CCCC=C12. The summed E-state index contributed by atoms with van der Waals surface area (Å²) in [6.45, 7) is 1.56. The first-order valence-electron chi connectivity index (χ1n) is 10.1. The number of ether oxygens (including phenoxy) is 1. The molecule has 152 valence electrons. The van der Waals surface area contributed by atoms with Crippen LogP contribution in [0.3, 0.4) is 0 Å². The third-order valence-corrected chi connectivity index (χ3v) is 6.00. The van der Waals surface area contributed by atoms with Crippen LogP contribution in [0.25, 0.3) is 11.0 Å². The van der Waals surface area contributed by atoms with Gasteiger partial charge in [0, 0.05) is 50.1 Å². The van der Waals surface area contributed by atoms with E-state index in [9.17, 15) is 9.59 Å². The number of piperidine rings is 1. The summed E-state index contributed by atoms with van der Waals surface area (Å²) in [5.74, 6) is -0.0165. The summed E-state index contributed by atoms with van der Waals surface area (Å²) in [4.78, 5) is 36.0. The molecule has 0 saturated carbocycles. The van der Waals surface area contributed by atoms with E-state index in [2.05, 4.69) is 21.4 Å². The molecule has 1 unspecified atom stereocenters. The fraction of sp³-hybridized carbons (Fsp3) is 0.455. The molecule has 1 aliphatic carbocycles. The summed E-state index contributed by atoms with van der Waals surface area (Å²) in [5, 5.41) is 3.13. The van der Waals surface area contributed by atoms with Crippen LogP contribution in [-0.4, -0.2) is 53.5 Å². The number of carbonyl (C=O) groups excluding carboxylic acids is 2. The number of amides is 2. The van der Waals surface area contributed by atoms with Gasteiger partial charge in [0.25, 0.3) is 5.91 Å². The highest BCUT2D eigenvalue weighted by Gasteiger charge is 2.44. The second kappa shape index (κ2) is 8.29. The zero-order chi connectivity index (χ0) is 20.3. The van der Waals surface area contributed by atoms with Crippen LogP contribution in [0, 0.1) is 5.41 Å². The van der Waals surface area contributed by atoms with Gasteiger partial charge in [-0.05, 0) is 37.8 Å². The first-order chi connectivity index (χ1) is 14.1. The zero-order valence-electron chi connectivity index (χ0n) is 16.7. The Morgan fingerprint density at radius 1 is 1.28 bits per heavy atom. The third-order valence-electron chi connectivity index (χ3n) is 6.00. The number of methoxy groups -OCH3 is 1. The van der Waals surface area contributed by atoms with Gasteiger partial charge < -0.3 is 15.0 Å². The van der Waals surface area contributed by atoms with E-state index < -0.39 is 0 Å². The normalized spacial score (nSPS) is 21.6. The first-order valence-corrected chi connectivity index (χ1v) is 10.1. The van der Waals surface area contributed by atoms with Crippen LogP contribution in [0.5, 0.6) is 0 Å². The standard InChI is InChI=1S/C22H26N4O3/c1-29-14-13-26-18-7-2-3-9-22(18,10-8-19(26)27)15-25-21(28)16-5-4-6-17-20(16)24-12-11-23-17/h4-7,11-12H,2-3,8-10,13-15H2,1H3,(H,25,28). The second-order valence-electron chi connectivity index (χ2n) is 7.71. The van der Waals surface area contributed by atoms with E-state index in [1.54, 1.807) is 25.6 Å². The summed E-state index contributed by atoms with van der Waals surface area (Å²) >= 11 is 0.